The number of rotatable bonds is 6. The molecule has 1 heterocycles. The van der Waals surface area contributed by atoms with Crippen molar-refractivity contribution in [2.75, 3.05) is 0 Å². The minimum Gasteiger partial charge on any atom is -0.507 e. The number of aromatic hydroxyl groups is 1. The van der Waals surface area contributed by atoms with Crippen molar-refractivity contribution in [2.24, 2.45) is 10.7 Å². The minimum atomic E-state index is -0.687. The van der Waals surface area contributed by atoms with Gasteiger partial charge in [0.25, 0.3) is 5.91 Å². The molecule has 0 fully saturated rings. The van der Waals surface area contributed by atoms with Gasteiger partial charge in [-0.15, -0.1) is 11.3 Å². The quantitative estimate of drug-likeness (QED) is 0.363. The Bertz CT molecular complexity index is 1350. The van der Waals surface area contributed by atoms with E-state index in [-0.39, 0.29) is 11.3 Å². The number of nitrogens with zero attached hydrogens (tertiary/aromatic N) is 2. The summed E-state index contributed by atoms with van der Waals surface area (Å²) in [4.78, 5) is 17.2. The van der Waals surface area contributed by atoms with E-state index in [0.717, 1.165) is 22.5 Å². The fourth-order valence-corrected chi connectivity index (χ4v) is 4.72. The normalized spacial score (nSPS) is 11.6. The molecule has 5 nitrogen and oxygen atoms in total. The van der Waals surface area contributed by atoms with Crippen molar-refractivity contribution in [1.29, 1.82) is 0 Å². The number of halogens is 2. The highest BCUT2D eigenvalue weighted by atomic mass is 35.5. The van der Waals surface area contributed by atoms with Gasteiger partial charge in [-0.05, 0) is 48.4 Å². The van der Waals surface area contributed by atoms with Crippen molar-refractivity contribution >= 4 is 46.1 Å². The first kappa shape index (κ1) is 22.1. The number of primary amides is 1. The standard InChI is InChI=1S/C24H19Cl2N3O2S/c25-17-7-8-20(19(26)13-17)28-24-29(11-10-15-4-2-1-3-5-15)21(14-32-24)16-6-9-22(30)18(12-16)23(27)31/h1-9,12-14,30H,10-11H2,(H2,27,31). The number of hydrogen-bond donors (Lipinski definition) is 2. The molecule has 0 spiro atoms. The maximum atomic E-state index is 11.7. The number of thiazole rings is 1. The van der Waals surface area contributed by atoms with Gasteiger partial charge < -0.3 is 15.4 Å². The third-order valence-corrected chi connectivity index (χ3v) is 6.35. The molecule has 4 rings (SSSR count). The van der Waals surface area contributed by atoms with Crippen LogP contribution in [0.4, 0.5) is 5.69 Å². The summed E-state index contributed by atoms with van der Waals surface area (Å²) in [5.74, 6) is -0.835. The number of benzene rings is 3. The highest BCUT2D eigenvalue weighted by Crippen LogP contribution is 2.29. The molecule has 0 unspecified atom stereocenters. The second-order valence-corrected chi connectivity index (χ2v) is 8.77. The van der Waals surface area contributed by atoms with E-state index >= 15 is 0 Å². The van der Waals surface area contributed by atoms with Crippen molar-refractivity contribution in [1.82, 2.24) is 4.57 Å². The number of phenols is 1. The van der Waals surface area contributed by atoms with E-state index in [1.165, 1.54) is 23.0 Å². The van der Waals surface area contributed by atoms with E-state index in [1.54, 1.807) is 30.3 Å². The van der Waals surface area contributed by atoms with Crippen molar-refractivity contribution in [3.8, 4) is 17.0 Å². The second kappa shape index (κ2) is 9.61. The Morgan fingerprint density at radius 3 is 2.56 bits per heavy atom. The van der Waals surface area contributed by atoms with E-state index in [0.29, 0.717) is 22.3 Å². The lowest BCUT2D eigenvalue weighted by atomic mass is 10.1. The number of amides is 1. The molecule has 4 aromatic rings. The zero-order chi connectivity index (χ0) is 22.7. The molecule has 162 valence electrons. The molecule has 1 aromatic heterocycles. The van der Waals surface area contributed by atoms with Gasteiger partial charge in [-0.1, -0.05) is 53.5 Å². The van der Waals surface area contributed by atoms with Crippen LogP contribution in [0.15, 0.2) is 77.1 Å². The number of carbonyl (C=O) groups excluding carboxylic acids is 1. The summed E-state index contributed by atoms with van der Waals surface area (Å²) in [5.41, 5.74) is 8.91. The summed E-state index contributed by atoms with van der Waals surface area (Å²) < 4.78 is 2.07. The Labute approximate surface area is 199 Å². The summed E-state index contributed by atoms with van der Waals surface area (Å²) >= 11 is 13.8. The molecule has 0 atom stereocenters. The molecular formula is C24H19Cl2N3O2S. The number of hydrogen-bond acceptors (Lipinski definition) is 4. The summed E-state index contributed by atoms with van der Waals surface area (Å²) in [5, 5.41) is 12.9. The SMILES string of the molecule is NC(=O)c1cc(-c2csc(=Nc3ccc(Cl)cc3Cl)n2CCc2ccccc2)ccc1O. The fourth-order valence-electron chi connectivity index (χ4n) is 3.32. The maximum absolute atomic E-state index is 11.7. The van der Waals surface area contributed by atoms with Crippen molar-refractivity contribution in [3.63, 3.8) is 0 Å². The van der Waals surface area contributed by atoms with Crippen LogP contribution in [0.25, 0.3) is 11.3 Å². The Morgan fingerprint density at radius 2 is 1.84 bits per heavy atom. The summed E-state index contributed by atoms with van der Waals surface area (Å²) in [6.45, 7) is 0.652. The summed E-state index contributed by atoms with van der Waals surface area (Å²) in [7, 11) is 0. The Hall–Kier alpha value is -3.06. The fraction of sp³-hybridized carbons (Fsp3) is 0.0833. The average Bonchev–Trinajstić information content (AvgIpc) is 3.17. The number of carbonyl (C=O) groups is 1. The first-order valence-corrected chi connectivity index (χ1v) is 11.4. The van der Waals surface area contributed by atoms with Gasteiger partial charge in [0.1, 0.15) is 5.75 Å². The van der Waals surface area contributed by atoms with Crippen LogP contribution in [0.5, 0.6) is 5.75 Å². The Balaban J connectivity index is 1.82. The molecule has 8 heteroatoms. The number of aryl methyl sites for hydroxylation is 1. The summed E-state index contributed by atoms with van der Waals surface area (Å²) in [6.07, 6.45) is 0.785. The predicted molar refractivity (Wildman–Crippen MR) is 130 cm³/mol. The molecular weight excluding hydrogens is 465 g/mol. The van der Waals surface area contributed by atoms with Crippen LogP contribution in [-0.4, -0.2) is 15.6 Å². The molecule has 0 saturated heterocycles. The second-order valence-electron chi connectivity index (χ2n) is 7.09. The highest BCUT2D eigenvalue weighted by molar-refractivity contribution is 7.07. The zero-order valence-electron chi connectivity index (χ0n) is 16.8. The Kier molecular flexibility index (Phi) is 6.65. The third kappa shape index (κ3) is 4.88. The number of aromatic nitrogens is 1. The predicted octanol–water partition coefficient (Wildman–Crippen LogP) is 5.80. The van der Waals surface area contributed by atoms with Gasteiger partial charge in [0.15, 0.2) is 4.80 Å². The van der Waals surface area contributed by atoms with Crippen LogP contribution in [0.2, 0.25) is 10.0 Å². The molecule has 0 radical (unpaired) electrons. The van der Waals surface area contributed by atoms with Crippen LogP contribution >= 0.6 is 34.5 Å². The topological polar surface area (TPSA) is 80.6 Å². The van der Waals surface area contributed by atoms with Crippen LogP contribution in [0.1, 0.15) is 15.9 Å². The van der Waals surface area contributed by atoms with Gasteiger partial charge in [0.2, 0.25) is 0 Å². The lowest BCUT2D eigenvalue weighted by molar-refractivity contribution is 0.0998. The molecule has 32 heavy (non-hydrogen) atoms. The number of nitrogens with two attached hydrogens (primary N) is 1. The van der Waals surface area contributed by atoms with Crippen LogP contribution in [0, 0.1) is 0 Å². The van der Waals surface area contributed by atoms with E-state index < -0.39 is 5.91 Å². The van der Waals surface area contributed by atoms with Crippen molar-refractivity contribution < 1.29 is 9.90 Å². The molecule has 0 aliphatic carbocycles. The lowest BCUT2D eigenvalue weighted by Gasteiger charge is -2.11. The largest absolute Gasteiger partial charge is 0.507 e. The summed E-state index contributed by atoms with van der Waals surface area (Å²) in [6, 6.07) is 20.1. The van der Waals surface area contributed by atoms with Gasteiger partial charge in [0.05, 0.1) is 22.0 Å². The first-order chi connectivity index (χ1) is 15.4. The van der Waals surface area contributed by atoms with Crippen molar-refractivity contribution in [3.05, 3.63) is 98.1 Å². The van der Waals surface area contributed by atoms with E-state index in [2.05, 4.69) is 16.7 Å². The zero-order valence-corrected chi connectivity index (χ0v) is 19.2. The lowest BCUT2D eigenvalue weighted by Crippen LogP contribution is -2.17. The van der Waals surface area contributed by atoms with Crippen LogP contribution < -0.4 is 10.5 Å². The van der Waals surface area contributed by atoms with Crippen molar-refractivity contribution in [2.45, 2.75) is 13.0 Å². The van der Waals surface area contributed by atoms with Crippen LogP contribution in [0.3, 0.4) is 0 Å². The highest BCUT2D eigenvalue weighted by Gasteiger charge is 2.14. The van der Waals surface area contributed by atoms with Gasteiger partial charge in [-0.2, -0.15) is 0 Å². The molecule has 3 N–H and O–H groups in total. The van der Waals surface area contributed by atoms with Gasteiger partial charge in [-0.25, -0.2) is 4.99 Å². The van der Waals surface area contributed by atoms with Gasteiger partial charge in [0, 0.05) is 22.5 Å². The van der Waals surface area contributed by atoms with Crippen LogP contribution in [-0.2, 0) is 13.0 Å². The smallest absolute Gasteiger partial charge is 0.252 e. The first-order valence-electron chi connectivity index (χ1n) is 9.77. The third-order valence-electron chi connectivity index (χ3n) is 4.95. The molecule has 0 saturated carbocycles. The van der Waals surface area contributed by atoms with E-state index in [4.69, 9.17) is 33.9 Å². The average molecular weight is 484 g/mol. The molecule has 3 aromatic carbocycles. The molecule has 1 amide bonds. The van der Waals surface area contributed by atoms with E-state index in [1.807, 2.05) is 23.6 Å². The molecule has 0 aliphatic rings. The molecule has 0 bridgehead atoms. The van der Waals surface area contributed by atoms with Gasteiger partial charge in [-0.3, -0.25) is 4.79 Å². The minimum absolute atomic E-state index is 0.0718. The monoisotopic (exact) mass is 483 g/mol. The van der Waals surface area contributed by atoms with E-state index in [9.17, 15) is 9.90 Å². The Morgan fingerprint density at radius 1 is 1.06 bits per heavy atom. The maximum Gasteiger partial charge on any atom is 0.252 e. The molecule has 0 aliphatic heterocycles. The van der Waals surface area contributed by atoms with Gasteiger partial charge >= 0.3 is 0 Å².